The van der Waals surface area contributed by atoms with E-state index < -0.39 is 0 Å². The zero-order chi connectivity index (χ0) is 13.8. The van der Waals surface area contributed by atoms with Gasteiger partial charge in [0, 0.05) is 11.8 Å². The van der Waals surface area contributed by atoms with Crippen LogP contribution in [0, 0.1) is 0 Å². The maximum absolute atomic E-state index is 6.07. The molecule has 0 saturated carbocycles. The predicted molar refractivity (Wildman–Crippen MR) is 80.7 cm³/mol. The fourth-order valence-electron chi connectivity index (χ4n) is 2.52. The minimum atomic E-state index is 0.175. The molecule has 0 radical (unpaired) electrons. The van der Waals surface area contributed by atoms with E-state index in [-0.39, 0.29) is 6.10 Å². The summed E-state index contributed by atoms with van der Waals surface area (Å²) in [6, 6.07) is 16.2. The number of para-hydroxylation sites is 1. The van der Waals surface area contributed by atoms with Crippen molar-refractivity contribution in [1.82, 2.24) is 0 Å². The number of hydrogen-bond donors (Lipinski definition) is 1. The van der Waals surface area contributed by atoms with E-state index in [1.807, 2.05) is 24.3 Å². The van der Waals surface area contributed by atoms with Crippen LogP contribution < -0.4 is 14.8 Å². The minimum absolute atomic E-state index is 0.175. The van der Waals surface area contributed by atoms with Crippen LogP contribution in [-0.4, -0.2) is 19.8 Å². The molecule has 0 aliphatic carbocycles. The first-order valence-electron chi connectivity index (χ1n) is 6.97. The van der Waals surface area contributed by atoms with Crippen LogP contribution in [-0.2, 0) is 6.42 Å². The molecule has 0 saturated heterocycles. The number of ether oxygens (including phenoxy) is 2. The quantitative estimate of drug-likeness (QED) is 0.925. The van der Waals surface area contributed by atoms with Crippen molar-refractivity contribution in [2.24, 2.45) is 0 Å². The lowest BCUT2D eigenvalue weighted by atomic mass is 10.1. The lowest BCUT2D eigenvalue weighted by Crippen LogP contribution is -2.24. The summed E-state index contributed by atoms with van der Waals surface area (Å²) in [4.78, 5) is 0. The largest absolute Gasteiger partial charge is 0.497 e. The van der Waals surface area contributed by atoms with Crippen LogP contribution in [0.15, 0.2) is 48.5 Å². The van der Waals surface area contributed by atoms with Gasteiger partial charge in [0.2, 0.25) is 0 Å². The third kappa shape index (κ3) is 2.87. The second-order valence-corrected chi connectivity index (χ2v) is 5.00. The second kappa shape index (κ2) is 5.87. The highest BCUT2D eigenvalue weighted by Crippen LogP contribution is 2.25. The van der Waals surface area contributed by atoms with Gasteiger partial charge < -0.3 is 14.8 Å². The lowest BCUT2D eigenvalue weighted by Gasteiger charge is -2.17. The number of benzene rings is 2. The van der Waals surface area contributed by atoms with Crippen LogP contribution in [0.1, 0.15) is 12.0 Å². The highest BCUT2D eigenvalue weighted by molar-refractivity contribution is 5.52. The first-order valence-corrected chi connectivity index (χ1v) is 6.97. The first kappa shape index (κ1) is 12.9. The van der Waals surface area contributed by atoms with Crippen LogP contribution >= 0.6 is 0 Å². The average molecular weight is 269 g/mol. The van der Waals surface area contributed by atoms with Crippen LogP contribution in [0.4, 0.5) is 5.69 Å². The molecule has 2 aromatic rings. The molecule has 1 heterocycles. The van der Waals surface area contributed by atoms with E-state index in [0.29, 0.717) is 0 Å². The third-order valence-corrected chi connectivity index (χ3v) is 3.62. The summed E-state index contributed by atoms with van der Waals surface area (Å²) in [5, 5.41) is 3.47. The highest BCUT2D eigenvalue weighted by Gasteiger charge is 2.16. The van der Waals surface area contributed by atoms with E-state index in [1.165, 1.54) is 11.3 Å². The first-order chi connectivity index (χ1) is 9.85. The van der Waals surface area contributed by atoms with Crippen LogP contribution in [0.25, 0.3) is 0 Å². The fourth-order valence-corrected chi connectivity index (χ4v) is 2.52. The van der Waals surface area contributed by atoms with Gasteiger partial charge in [-0.3, -0.25) is 0 Å². The van der Waals surface area contributed by atoms with Crippen molar-refractivity contribution in [3.63, 3.8) is 0 Å². The predicted octanol–water partition coefficient (Wildman–Crippen LogP) is 3.50. The van der Waals surface area contributed by atoms with Gasteiger partial charge in [-0.2, -0.15) is 0 Å². The van der Waals surface area contributed by atoms with E-state index in [4.69, 9.17) is 9.47 Å². The maximum Gasteiger partial charge on any atom is 0.123 e. The van der Waals surface area contributed by atoms with Gasteiger partial charge in [0.1, 0.15) is 17.6 Å². The molecule has 1 N–H and O–H groups in total. The molecular formula is C17H19NO2. The molecule has 0 bridgehead atoms. The zero-order valence-electron chi connectivity index (χ0n) is 11.6. The summed E-state index contributed by atoms with van der Waals surface area (Å²) < 4.78 is 11.3. The van der Waals surface area contributed by atoms with Gasteiger partial charge >= 0.3 is 0 Å². The Balaban J connectivity index is 1.68. The molecule has 3 nitrogen and oxygen atoms in total. The molecule has 0 spiro atoms. The number of aryl methyl sites for hydroxylation is 1. The molecule has 1 atom stereocenters. The molecular weight excluding hydrogens is 250 g/mol. The zero-order valence-corrected chi connectivity index (χ0v) is 11.6. The molecule has 20 heavy (non-hydrogen) atoms. The van der Waals surface area contributed by atoms with E-state index in [2.05, 4.69) is 29.6 Å². The van der Waals surface area contributed by atoms with Crippen molar-refractivity contribution >= 4 is 5.69 Å². The van der Waals surface area contributed by atoms with E-state index in [9.17, 15) is 0 Å². The molecule has 3 heteroatoms. The maximum atomic E-state index is 6.07. The molecule has 0 aromatic heterocycles. The van der Waals surface area contributed by atoms with Crippen LogP contribution in [0.3, 0.4) is 0 Å². The number of anilines is 1. The van der Waals surface area contributed by atoms with Crippen molar-refractivity contribution in [3.05, 3.63) is 54.1 Å². The Morgan fingerprint density at radius 2 is 1.90 bits per heavy atom. The molecule has 104 valence electrons. The summed E-state index contributed by atoms with van der Waals surface area (Å²) >= 11 is 0. The Hall–Kier alpha value is -2.16. The normalized spacial score (nSPS) is 17.6. The standard InChI is InChI=1S/C17H19NO2/c1-19-14-6-4-7-15(11-14)20-16-10-9-13-5-2-3-8-17(13)18-12-16/h2-8,11,16,18H,9-10,12H2,1H3. The molecule has 0 amide bonds. The second-order valence-electron chi connectivity index (χ2n) is 5.00. The number of rotatable bonds is 3. The number of fused-ring (bicyclic) bond motifs is 1. The Kier molecular flexibility index (Phi) is 3.77. The van der Waals surface area contributed by atoms with Gasteiger partial charge in [0.25, 0.3) is 0 Å². The van der Waals surface area contributed by atoms with Gasteiger partial charge in [0.05, 0.1) is 13.7 Å². The van der Waals surface area contributed by atoms with E-state index in [1.54, 1.807) is 7.11 Å². The van der Waals surface area contributed by atoms with Crippen molar-refractivity contribution in [2.75, 3.05) is 19.0 Å². The van der Waals surface area contributed by atoms with Gasteiger partial charge in [-0.15, -0.1) is 0 Å². The molecule has 1 aliphatic rings. The molecule has 1 aliphatic heterocycles. The summed E-state index contributed by atoms with van der Waals surface area (Å²) in [6.45, 7) is 0.828. The summed E-state index contributed by atoms with van der Waals surface area (Å²) in [5.74, 6) is 1.69. The Labute approximate surface area is 119 Å². The summed E-state index contributed by atoms with van der Waals surface area (Å²) in [7, 11) is 1.67. The van der Waals surface area contributed by atoms with Crippen molar-refractivity contribution in [2.45, 2.75) is 18.9 Å². The fraction of sp³-hybridized carbons (Fsp3) is 0.294. The van der Waals surface area contributed by atoms with Crippen molar-refractivity contribution < 1.29 is 9.47 Å². The van der Waals surface area contributed by atoms with Gasteiger partial charge in [-0.05, 0) is 36.6 Å². The Morgan fingerprint density at radius 3 is 2.80 bits per heavy atom. The van der Waals surface area contributed by atoms with Crippen molar-refractivity contribution in [3.8, 4) is 11.5 Å². The van der Waals surface area contributed by atoms with Crippen LogP contribution in [0.5, 0.6) is 11.5 Å². The number of nitrogens with one attached hydrogen (secondary N) is 1. The molecule has 1 unspecified atom stereocenters. The Morgan fingerprint density at radius 1 is 1.05 bits per heavy atom. The minimum Gasteiger partial charge on any atom is -0.497 e. The van der Waals surface area contributed by atoms with Gasteiger partial charge in [-0.25, -0.2) is 0 Å². The van der Waals surface area contributed by atoms with Gasteiger partial charge in [-0.1, -0.05) is 24.3 Å². The number of hydrogen-bond acceptors (Lipinski definition) is 3. The monoisotopic (exact) mass is 269 g/mol. The summed E-state index contributed by atoms with van der Waals surface area (Å²) in [5.41, 5.74) is 2.59. The molecule has 3 rings (SSSR count). The smallest absolute Gasteiger partial charge is 0.123 e. The van der Waals surface area contributed by atoms with E-state index in [0.717, 1.165) is 30.9 Å². The highest BCUT2D eigenvalue weighted by atomic mass is 16.5. The number of methoxy groups -OCH3 is 1. The van der Waals surface area contributed by atoms with Crippen molar-refractivity contribution in [1.29, 1.82) is 0 Å². The summed E-state index contributed by atoms with van der Waals surface area (Å²) in [6.07, 6.45) is 2.23. The van der Waals surface area contributed by atoms with E-state index >= 15 is 0 Å². The van der Waals surface area contributed by atoms with Crippen LogP contribution in [0.2, 0.25) is 0 Å². The lowest BCUT2D eigenvalue weighted by molar-refractivity contribution is 0.205. The Bertz CT molecular complexity index is 556. The average Bonchev–Trinajstić information content (AvgIpc) is 2.70. The van der Waals surface area contributed by atoms with Gasteiger partial charge in [0.15, 0.2) is 0 Å². The SMILES string of the molecule is COc1cccc(OC2CCc3ccccc3NC2)c1. The topological polar surface area (TPSA) is 30.5 Å². The molecule has 2 aromatic carbocycles. The molecule has 0 fully saturated rings. The third-order valence-electron chi connectivity index (χ3n) is 3.62.